The number of nitrogens with one attached hydrogen (secondary N) is 1. The molecule has 0 bridgehead atoms. The quantitative estimate of drug-likeness (QED) is 0.164. The fraction of sp³-hybridized carbons (Fsp3) is 0.286. The molecule has 65 heavy (non-hydrogen) atoms. The lowest BCUT2D eigenvalue weighted by Crippen LogP contribution is -2.41. The van der Waals surface area contributed by atoms with Crippen molar-refractivity contribution in [2.45, 2.75) is 72.4 Å². The van der Waals surface area contributed by atoms with E-state index in [0.717, 1.165) is 56.3 Å². The lowest BCUT2D eigenvalue weighted by molar-refractivity contribution is 0.0663. The lowest BCUT2D eigenvalue weighted by Gasteiger charge is -2.34. The number of fused-ring (bicyclic) bond motifs is 3. The van der Waals surface area contributed by atoms with Crippen LogP contribution in [0.15, 0.2) is 99.6 Å². The highest BCUT2D eigenvalue weighted by molar-refractivity contribution is 6.01. The summed E-state index contributed by atoms with van der Waals surface area (Å²) in [6, 6.07) is 18.8. The number of nitrogens with zero attached hydrogens (tertiary/aromatic N) is 10. The van der Waals surface area contributed by atoms with Gasteiger partial charge in [0.05, 0.1) is 34.8 Å². The molecule has 1 amide bonds. The van der Waals surface area contributed by atoms with Crippen molar-refractivity contribution in [3.8, 4) is 28.3 Å². The number of carbonyl (C=O) groups excluding carboxylic acids is 1. The third-order valence-electron chi connectivity index (χ3n) is 13.9. The largest absolute Gasteiger partial charge is 0.438 e. The summed E-state index contributed by atoms with van der Waals surface area (Å²) >= 11 is 0. The second kappa shape index (κ2) is 14.5. The average Bonchev–Trinajstić information content (AvgIpc) is 3.93. The SMILES string of the molecule is CCc1nccc(-c2ccc3c(c2)cc(C(=O)N2CCc4nn(-c5cc(C)c(F)c(C)c5)c(-n5ccn(-c6ccc7c(cnn7C)c6)c5=O)c4[C@@H]2C)n3[C@@]2(c3noc(=O)[nH]3)C[C@@H]2C)c1C. The number of aromatic nitrogens is 10. The number of rotatable bonds is 8. The maximum Gasteiger partial charge on any atom is 0.438 e. The van der Waals surface area contributed by atoms with Gasteiger partial charge in [0.2, 0.25) is 0 Å². The van der Waals surface area contributed by atoms with Crippen LogP contribution in [-0.4, -0.2) is 65.7 Å². The topological polar surface area (TPSA) is 160 Å². The zero-order chi connectivity index (χ0) is 45.2. The van der Waals surface area contributed by atoms with E-state index in [0.29, 0.717) is 64.8 Å². The van der Waals surface area contributed by atoms with Crippen molar-refractivity contribution >= 4 is 27.7 Å². The van der Waals surface area contributed by atoms with Crippen molar-refractivity contribution in [3.63, 3.8) is 0 Å². The number of aryl methyl sites for hydroxylation is 4. The highest BCUT2D eigenvalue weighted by Gasteiger charge is 2.59. The maximum atomic E-state index is 15.6. The van der Waals surface area contributed by atoms with Crippen LogP contribution in [0.25, 0.3) is 50.1 Å². The minimum absolute atomic E-state index is 0.00671. The van der Waals surface area contributed by atoms with E-state index in [4.69, 9.17) is 9.62 Å². The van der Waals surface area contributed by atoms with E-state index in [1.165, 1.54) is 0 Å². The van der Waals surface area contributed by atoms with Crippen LogP contribution < -0.4 is 11.4 Å². The molecule has 7 heterocycles. The maximum absolute atomic E-state index is 15.6. The van der Waals surface area contributed by atoms with Crippen LogP contribution in [0.1, 0.15) is 83.2 Å². The zero-order valence-electron chi connectivity index (χ0n) is 37.0. The van der Waals surface area contributed by atoms with Crippen LogP contribution >= 0.6 is 0 Å². The Morgan fingerprint density at radius 2 is 1.69 bits per heavy atom. The van der Waals surface area contributed by atoms with Gasteiger partial charge in [0.1, 0.15) is 22.9 Å². The van der Waals surface area contributed by atoms with Crippen molar-refractivity contribution < 1.29 is 13.7 Å². The van der Waals surface area contributed by atoms with Crippen molar-refractivity contribution in [1.82, 2.24) is 53.3 Å². The standard InChI is InChI=1S/C49H46FN11O4/c1-8-37-29(5)36(13-15-51-37)31-9-11-40-32(21-31)23-41(60(40)49(24-28(49)4)46-53-47(63)65-55-46)45(62)57-16-14-38-42(30(57)6)44(61(54-38)35-19-26(2)43(50)27(3)20-35)59-18-17-58(48(59)64)34-10-12-39-33(22-34)25-52-56(39)7/h9-13,15,17-23,25,28,30H,8,14,16,24H2,1-7H3,(H,53,55,63)/t28-,30-,49-/m0/s1. The van der Waals surface area contributed by atoms with Gasteiger partial charge in [-0.1, -0.05) is 25.1 Å². The first-order valence-corrected chi connectivity index (χ1v) is 21.9. The molecule has 3 aromatic carbocycles. The normalized spacial score (nSPS) is 18.2. The molecule has 1 fully saturated rings. The first kappa shape index (κ1) is 40.2. The van der Waals surface area contributed by atoms with E-state index >= 15 is 9.18 Å². The number of carbonyl (C=O) groups is 1. The minimum atomic E-state index is -0.851. The fourth-order valence-electron chi connectivity index (χ4n) is 10.4. The van der Waals surface area contributed by atoms with Gasteiger partial charge >= 0.3 is 11.4 Å². The van der Waals surface area contributed by atoms with E-state index in [9.17, 15) is 9.59 Å². The van der Waals surface area contributed by atoms with E-state index < -0.39 is 17.3 Å². The number of pyridine rings is 1. The third-order valence-corrected chi connectivity index (χ3v) is 13.9. The summed E-state index contributed by atoms with van der Waals surface area (Å²) in [6.45, 7) is 11.9. The van der Waals surface area contributed by atoms with Gasteiger partial charge in [0.15, 0.2) is 5.82 Å². The van der Waals surface area contributed by atoms with Gasteiger partial charge in [-0.05, 0) is 129 Å². The molecule has 9 aromatic rings. The van der Waals surface area contributed by atoms with Gasteiger partial charge in [0, 0.05) is 66.2 Å². The Balaban J connectivity index is 1.07. The predicted molar refractivity (Wildman–Crippen MR) is 243 cm³/mol. The van der Waals surface area contributed by atoms with Crippen LogP contribution in [-0.2, 0) is 25.4 Å². The molecular weight excluding hydrogens is 826 g/mol. The van der Waals surface area contributed by atoms with E-state index in [-0.39, 0.29) is 23.3 Å². The molecule has 3 atom stereocenters. The van der Waals surface area contributed by atoms with E-state index in [1.807, 2.05) is 66.0 Å². The molecule has 0 radical (unpaired) electrons. The second-order valence-corrected chi connectivity index (χ2v) is 17.6. The molecule has 16 heteroatoms. The monoisotopic (exact) mass is 871 g/mol. The molecule has 11 rings (SSSR count). The number of halogens is 1. The molecule has 1 aliphatic carbocycles. The summed E-state index contributed by atoms with van der Waals surface area (Å²) in [6.07, 6.45) is 8.83. The van der Waals surface area contributed by atoms with Crippen molar-refractivity contribution in [1.29, 1.82) is 0 Å². The summed E-state index contributed by atoms with van der Waals surface area (Å²) < 4.78 is 28.8. The van der Waals surface area contributed by atoms with Gasteiger partial charge in [-0.2, -0.15) is 10.2 Å². The van der Waals surface area contributed by atoms with Crippen LogP contribution in [0.2, 0.25) is 0 Å². The molecule has 2 aliphatic rings. The zero-order valence-corrected chi connectivity index (χ0v) is 37.0. The predicted octanol–water partition coefficient (Wildman–Crippen LogP) is 7.56. The molecule has 1 aliphatic heterocycles. The van der Waals surface area contributed by atoms with E-state index in [1.54, 1.807) is 63.1 Å². The molecule has 15 nitrogen and oxygen atoms in total. The molecule has 0 saturated heterocycles. The second-order valence-electron chi connectivity index (χ2n) is 17.6. The van der Waals surface area contributed by atoms with Crippen LogP contribution in [0.4, 0.5) is 4.39 Å². The Kier molecular flexibility index (Phi) is 8.93. The minimum Gasteiger partial charge on any atom is -0.330 e. The average molecular weight is 872 g/mol. The number of hydrogen-bond acceptors (Lipinski definition) is 8. The fourth-order valence-corrected chi connectivity index (χ4v) is 10.4. The Morgan fingerprint density at radius 1 is 0.938 bits per heavy atom. The third kappa shape index (κ3) is 5.95. The number of aromatic amines is 1. The Labute approximate surface area is 371 Å². The molecule has 328 valence electrons. The summed E-state index contributed by atoms with van der Waals surface area (Å²) in [4.78, 5) is 52.0. The van der Waals surface area contributed by atoms with Crippen molar-refractivity contribution in [2.75, 3.05) is 6.54 Å². The molecular formula is C49H46FN11O4. The molecule has 6 aromatic heterocycles. The first-order valence-electron chi connectivity index (χ1n) is 21.9. The Bertz CT molecular complexity index is 3540. The van der Waals surface area contributed by atoms with Gasteiger partial charge in [-0.15, -0.1) is 0 Å². The number of benzene rings is 3. The number of H-pyrrole nitrogens is 1. The van der Waals surface area contributed by atoms with Gasteiger partial charge < -0.3 is 9.47 Å². The lowest BCUT2D eigenvalue weighted by atomic mass is 9.98. The molecule has 0 unspecified atom stereocenters. The van der Waals surface area contributed by atoms with Gasteiger partial charge in [-0.3, -0.25) is 33.1 Å². The highest BCUT2D eigenvalue weighted by Crippen LogP contribution is 2.56. The van der Waals surface area contributed by atoms with Gasteiger partial charge in [-0.25, -0.2) is 18.7 Å². The molecule has 1 N–H and O–H groups in total. The van der Waals surface area contributed by atoms with Crippen LogP contribution in [0.3, 0.4) is 0 Å². The summed E-state index contributed by atoms with van der Waals surface area (Å²) in [5, 5.41) is 15.4. The van der Waals surface area contributed by atoms with Crippen LogP contribution in [0, 0.1) is 32.5 Å². The summed E-state index contributed by atoms with van der Waals surface area (Å²) in [7, 11) is 1.87. The molecule has 1 saturated carbocycles. The van der Waals surface area contributed by atoms with E-state index in [2.05, 4.69) is 53.1 Å². The number of amides is 1. The van der Waals surface area contributed by atoms with Gasteiger partial charge in [0.25, 0.3) is 5.91 Å². The summed E-state index contributed by atoms with van der Waals surface area (Å²) in [5.41, 5.74) is 8.70. The van der Waals surface area contributed by atoms with Crippen molar-refractivity contribution in [3.05, 3.63) is 157 Å². The Hall–Kier alpha value is -7.62. The Morgan fingerprint density at radius 3 is 2.42 bits per heavy atom. The van der Waals surface area contributed by atoms with Crippen molar-refractivity contribution in [2.24, 2.45) is 13.0 Å². The number of imidazole rings is 1. The summed E-state index contributed by atoms with van der Waals surface area (Å²) in [5.74, 6) is -0.392. The smallest absolute Gasteiger partial charge is 0.330 e. The first-order chi connectivity index (χ1) is 31.3. The molecule has 0 spiro atoms. The number of hydrogen-bond donors (Lipinski definition) is 1. The van der Waals surface area contributed by atoms with Crippen LogP contribution in [0.5, 0.6) is 0 Å². The highest BCUT2D eigenvalue weighted by atomic mass is 19.1.